The second kappa shape index (κ2) is 6.89. The van der Waals surface area contributed by atoms with Gasteiger partial charge in [0.05, 0.1) is 13.2 Å². The summed E-state index contributed by atoms with van der Waals surface area (Å²) in [6, 6.07) is 7.64. The van der Waals surface area contributed by atoms with E-state index in [9.17, 15) is 0 Å². The van der Waals surface area contributed by atoms with E-state index in [2.05, 4.69) is 22.4 Å². The molecule has 1 aromatic heterocycles. The molecule has 0 aliphatic carbocycles. The Hall–Kier alpha value is -1.88. The minimum Gasteiger partial charge on any atom is -0.494 e. The maximum atomic E-state index is 5.59. The van der Waals surface area contributed by atoms with E-state index in [0.717, 1.165) is 24.3 Å². The standard InChI is InChI=1S/C14H19N3O2/c1-3-9-15-10-13-16-17-14(19-13)11-5-7-12(8-6-11)18-4-2/h5-8,15H,3-4,9-10H2,1-2H3. The van der Waals surface area contributed by atoms with Crippen LogP contribution in [-0.2, 0) is 6.54 Å². The van der Waals surface area contributed by atoms with Crippen LogP contribution >= 0.6 is 0 Å². The molecule has 5 heteroatoms. The number of hydrogen-bond donors (Lipinski definition) is 1. The third kappa shape index (κ3) is 3.79. The van der Waals surface area contributed by atoms with Crippen LogP contribution in [0.4, 0.5) is 0 Å². The molecule has 1 aromatic carbocycles. The summed E-state index contributed by atoms with van der Waals surface area (Å²) in [7, 11) is 0. The maximum Gasteiger partial charge on any atom is 0.247 e. The second-order valence-electron chi connectivity index (χ2n) is 4.14. The predicted molar refractivity (Wildman–Crippen MR) is 72.9 cm³/mol. The van der Waals surface area contributed by atoms with Gasteiger partial charge in [-0.25, -0.2) is 0 Å². The van der Waals surface area contributed by atoms with E-state index in [4.69, 9.17) is 9.15 Å². The van der Waals surface area contributed by atoms with Crippen molar-refractivity contribution in [2.75, 3.05) is 13.2 Å². The van der Waals surface area contributed by atoms with Gasteiger partial charge in [0, 0.05) is 5.56 Å². The Morgan fingerprint density at radius 2 is 1.95 bits per heavy atom. The minimum absolute atomic E-state index is 0.538. The van der Waals surface area contributed by atoms with Gasteiger partial charge in [0.15, 0.2) is 0 Å². The molecular weight excluding hydrogens is 242 g/mol. The van der Waals surface area contributed by atoms with Gasteiger partial charge in [-0.1, -0.05) is 6.92 Å². The third-order valence-electron chi connectivity index (χ3n) is 2.58. The number of ether oxygens (including phenoxy) is 1. The monoisotopic (exact) mass is 261 g/mol. The van der Waals surface area contributed by atoms with Crippen LogP contribution in [0.1, 0.15) is 26.2 Å². The Balaban J connectivity index is 2.01. The fourth-order valence-electron chi connectivity index (χ4n) is 1.67. The van der Waals surface area contributed by atoms with E-state index in [0.29, 0.717) is 24.9 Å². The molecule has 0 fully saturated rings. The van der Waals surface area contributed by atoms with Crippen LogP contribution < -0.4 is 10.1 Å². The van der Waals surface area contributed by atoms with Gasteiger partial charge in [0.1, 0.15) is 5.75 Å². The van der Waals surface area contributed by atoms with Gasteiger partial charge < -0.3 is 14.5 Å². The first-order valence-corrected chi connectivity index (χ1v) is 6.59. The van der Waals surface area contributed by atoms with Crippen molar-refractivity contribution in [3.63, 3.8) is 0 Å². The zero-order chi connectivity index (χ0) is 13.5. The molecule has 0 aliphatic heterocycles. The highest BCUT2D eigenvalue weighted by Gasteiger charge is 2.08. The lowest BCUT2D eigenvalue weighted by molar-refractivity contribution is 0.340. The summed E-state index contributed by atoms with van der Waals surface area (Å²) >= 11 is 0. The van der Waals surface area contributed by atoms with Crippen LogP contribution in [0.5, 0.6) is 5.75 Å². The molecule has 5 nitrogen and oxygen atoms in total. The number of nitrogens with zero attached hydrogens (tertiary/aromatic N) is 2. The van der Waals surface area contributed by atoms with Crippen LogP contribution in [0, 0.1) is 0 Å². The van der Waals surface area contributed by atoms with Gasteiger partial charge in [-0.05, 0) is 44.2 Å². The van der Waals surface area contributed by atoms with E-state index in [1.165, 1.54) is 0 Å². The Labute approximate surface area is 113 Å². The first kappa shape index (κ1) is 13.5. The first-order valence-electron chi connectivity index (χ1n) is 6.59. The first-order chi connectivity index (χ1) is 9.33. The summed E-state index contributed by atoms with van der Waals surface area (Å²) in [6.45, 7) is 6.29. The van der Waals surface area contributed by atoms with Crippen LogP contribution in [0.3, 0.4) is 0 Å². The van der Waals surface area contributed by atoms with Crippen molar-refractivity contribution in [2.45, 2.75) is 26.8 Å². The number of nitrogens with one attached hydrogen (secondary N) is 1. The summed E-state index contributed by atoms with van der Waals surface area (Å²) in [4.78, 5) is 0. The van der Waals surface area contributed by atoms with Crippen molar-refractivity contribution in [1.82, 2.24) is 15.5 Å². The van der Waals surface area contributed by atoms with Gasteiger partial charge in [0.2, 0.25) is 11.8 Å². The Morgan fingerprint density at radius 1 is 1.16 bits per heavy atom. The number of benzene rings is 1. The number of rotatable bonds is 7. The normalized spacial score (nSPS) is 10.6. The van der Waals surface area contributed by atoms with E-state index in [-0.39, 0.29) is 0 Å². The van der Waals surface area contributed by atoms with Crippen molar-refractivity contribution in [3.05, 3.63) is 30.2 Å². The summed E-state index contributed by atoms with van der Waals surface area (Å²) in [6.07, 6.45) is 1.08. The fourth-order valence-corrected chi connectivity index (χ4v) is 1.67. The molecule has 2 aromatic rings. The molecule has 0 bridgehead atoms. The van der Waals surface area contributed by atoms with Crippen molar-refractivity contribution in [3.8, 4) is 17.2 Å². The lowest BCUT2D eigenvalue weighted by Crippen LogP contribution is -2.13. The van der Waals surface area contributed by atoms with E-state index in [1.807, 2.05) is 31.2 Å². The molecule has 19 heavy (non-hydrogen) atoms. The maximum absolute atomic E-state index is 5.59. The topological polar surface area (TPSA) is 60.2 Å². The Bertz CT molecular complexity index is 494. The van der Waals surface area contributed by atoms with Crippen LogP contribution in [0.25, 0.3) is 11.5 Å². The molecule has 0 radical (unpaired) electrons. The zero-order valence-electron chi connectivity index (χ0n) is 11.3. The SMILES string of the molecule is CCCNCc1nnc(-c2ccc(OCC)cc2)o1. The molecule has 0 spiro atoms. The van der Waals surface area contributed by atoms with E-state index in [1.54, 1.807) is 0 Å². The zero-order valence-corrected chi connectivity index (χ0v) is 11.3. The number of aromatic nitrogens is 2. The molecule has 0 aliphatic rings. The van der Waals surface area contributed by atoms with Gasteiger partial charge in [-0.2, -0.15) is 0 Å². The molecule has 1 heterocycles. The van der Waals surface area contributed by atoms with Crippen LogP contribution in [0.2, 0.25) is 0 Å². The molecule has 2 rings (SSSR count). The molecule has 0 unspecified atom stereocenters. The highest BCUT2D eigenvalue weighted by atomic mass is 16.5. The molecule has 102 valence electrons. The van der Waals surface area contributed by atoms with Gasteiger partial charge in [-0.3, -0.25) is 0 Å². The Morgan fingerprint density at radius 3 is 2.63 bits per heavy atom. The molecule has 0 atom stereocenters. The van der Waals surface area contributed by atoms with Crippen molar-refractivity contribution in [1.29, 1.82) is 0 Å². The average molecular weight is 261 g/mol. The molecule has 1 N–H and O–H groups in total. The predicted octanol–water partition coefficient (Wildman–Crippen LogP) is 2.63. The highest BCUT2D eigenvalue weighted by Crippen LogP contribution is 2.21. The van der Waals surface area contributed by atoms with Crippen molar-refractivity contribution >= 4 is 0 Å². The fraction of sp³-hybridized carbons (Fsp3) is 0.429. The van der Waals surface area contributed by atoms with Crippen molar-refractivity contribution < 1.29 is 9.15 Å². The molecule has 0 saturated carbocycles. The molecule has 0 amide bonds. The molecular formula is C14H19N3O2. The number of hydrogen-bond acceptors (Lipinski definition) is 5. The van der Waals surface area contributed by atoms with E-state index < -0.39 is 0 Å². The third-order valence-corrected chi connectivity index (χ3v) is 2.58. The van der Waals surface area contributed by atoms with Gasteiger partial charge in [0.25, 0.3) is 0 Å². The summed E-state index contributed by atoms with van der Waals surface area (Å²) in [5, 5.41) is 11.3. The largest absolute Gasteiger partial charge is 0.494 e. The lowest BCUT2D eigenvalue weighted by atomic mass is 10.2. The minimum atomic E-state index is 0.538. The van der Waals surface area contributed by atoms with Crippen molar-refractivity contribution in [2.24, 2.45) is 0 Å². The quantitative estimate of drug-likeness (QED) is 0.776. The van der Waals surface area contributed by atoms with Crippen LogP contribution in [-0.4, -0.2) is 23.3 Å². The molecule has 0 saturated heterocycles. The van der Waals surface area contributed by atoms with Gasteiger partial charge >= 0.3 is 0 Å². The second-order valence-corrected chi connectivity index (χ2v) is 4.14. The highest BCUT2D eigenvalue weighted by molar-refractivity contribution is 5.53. The average Bonchev–Trinajstić information content (AvgIpc) is 2.89. The summed E-state index contributed by atoms with van der Waals surface area (Å²) < 4.78 is 11.0. The lowest BCUT2D eigenvalue weighted by Gasteiger charge is -2.02. The van der Waals surface area contributed by atoms with Gasteiger partial charge in [-0.15, -0.1) is 10.2 Å². The summed E-state index contributed by atoms with van der Waals surface area (Å²) in [5.41, 5.74) is 0.901. The van der Waals surface area contributed by atoms with Crippen LogP contribution in [0.15, 0.2) is 28.7 Å². The summed E-state index contributed by atoms with van der Waals surface area (Å²) in [5.74, 6) is 1.99. The van der Waals surface area contributed by atoms with E-state index >= 15 is 0 Å². The Kier molecular flexibility index (Phi) is 4.92. The smallest absolute Gasteiger partial charge is 0.247 e.